The molecule has 0 bridgehead atoms. The summed E-state index contributed by atoms with van der Waals surface area (Å²) >= 11 is 6.16. The summed E-state index contributed by atoms with van der Waals surface area (Å²) in [6, 6.07) is 13.6. The second kappa shape index (κ2) is 8.40. The first-order valence-electron chi connectivity index (χ1n) is 8.87. The van der Waals surface area contributed by atoms with Gasteiger partial charge in [0.25, 0.3) is 0 Å². The third kappa shape index (κ3) is 4.49. The highest BCUT2D eigenvalue weighted by atomic mass is 35.5. The summed E-state index contributed by atoms with van der Waals surface area (Å²) in [5.41, 5.74) is 8.32. The fraction of sp³-hybridized carbons (Fsp3) is 0.182. The zero-order chi connectivity index (χ0) is 20.3. The first-order valence-corrected chi connectivity index (χ1v) is 9.25. The summed E-state index contributed by atoms with van der Waals surface area (Å²) < 4.78 is 15.0. The summed E-state index contributed by atoms with van der Waals surface area (Å²) in [5, 5.41) is 4.74. The topological polar surface area (TPSA) is 46.4 Å². The van der Waals surface area contributed by atoms with Crippen LogP contribution in [0.5, 0.6) is 0 Å². The predicted octanol–water partition coefficient (Wildman–Crippen LogP) is 4.89. The summed E-state index contributed by atoms with van der Waals surface area (Å²) in [5.74, 6) is -0.588. The molecule has 0 aliphatic carbocycles. The van der Waals surface area contributed by atoms with Crippen LogP contribution in [0.1, 0.15) is 28.1 Å². The molecule has 0 spiro atoms. The molecule has 2 aromatic carbocycles. The Morgan fingerprint density at radius 1 is 1.14 bits per heavy atom. The normalized spacial score (nSPS) is 11.2. The second-order valence-corrected chi connectivity index (χ2v) is 7.13. The van der Waals surface area contributed by atoms with E-state index in [0.29, 0.717) is 5.02 Å². The van der Waals surface area contributed by atoms with E-state index in [1.807, 2.05) is 45.0 Å². The van der Waals surface area contributed by atoms with Crippen LogP contribution in [0.15, 0.2) is 53.6 Å². The lowest BCUT2D eigenvalue weighted by atomic mass is 10.1. The van der Waals surface area contributed by atoms with Gasteiger partial charge >= 0.3 is 0 Å². The minimum Gasteiger partial charge on any atom is -0.318 e. The largest absolute Gasteiger partial charge is 0.318 e. The number of carbonyl (C=O) groups is 1. The number of halogens is 2. The van der Waals surface area contributed by atoms with Gasteiger partial charge in [-0.2, -0.15) is 5.10 Å². The Balaban J connectivity index is 1.73. The molecule has 0 atom stereocenters. The van der Waals surface area contributed by atoms with Crippen molar-refractivity contribution in [2.75, 3.05) is 0 Å². The van der Waals surface area contributed by atoms with Gasteiger partial charge in [-0.25, -0.2) is 9.82 Å². The van der Waals surface area contributed by atoms with Crippen LogP contribution in [0.4, 0.5) is 4.39 Å². The van der Waals surface area contributed by atoms with Crippen LogP contribution in [0, 0.1) is 26.6 Å². The Hall–Kier alpha value is -2.92. The number of hydrogen-bond acceptors (Lipinski definition) is 2. The molecule has 3 rings (SSSR count). The molecule has 0 aliphatic rings. The van der Waals surface area contributed by atoms with Crippen molar-refractivity contribution in [3.05, 3.63) is 87.4 Å². The first-order chi connectivity index (χ1) is 13.3. The van der Waals surface area contributed by atoms with E-state index in [-0.39, 0.29) is 18.1 Å². The van der Waals surface area contributed by atoms with Gasteiger partial charge in [-0.1, -0.05) is 29.8 Å². The molecule has 0 fully saturated rings. The number of hydrazone groups is 1. The number of amides is 1. The standard InChI is InChI=1S/C22H21ClFN3O/c1-14-4-7-19(23)12-21(14)27-15(2)10-18(16(27)3)13-25-26-22(28)11-17-5-8-20(24)9-6-17/h4-10,12-13H,11H2,1-3H3,(H,26,28)/b25-13+. The number of aryl methyl sites for hydroxylation is 2. The van der Waals surface area contributed by atoms with Crippen molar-refractivity contribution in [3.8, 4) is 5.69 Å². The maximum absolute atomic E-state index is 12.9. The van der Waals surface area contributed by atoms with Crippen LogP contribution in [-0.4, -0.2) is 16.7 Å². The number of benzene rings is 2. The number of nitrogens with one attached hydrogen (secondary N) is 1. The molecule has 6 heteroatoms. The van der Waals surface area contributed by atoms with E-state index in [0.717, 1.165) is 33.8 Å². The van der Waals surface area contributed by atoms with Crippen LogP contribution >= 0.6 is 11.6 Å². The van der Waals surface area contributed by atoms with E-state index in [1.165, 1.54) is 12.1 Å². The SMILES string of the molecule is Cc1ccc(Cl)cc1-n1c(C)cc(/C=N/NC(=O)Cc2ccc(F)cc2)c1C. The molecule has 4 nitrogen and oxygen atoms in total. The van der Waals surface area contributed by atoms with Crippen molar-refractivity contribution in [2.24, 2.45) is 5.10 Å². The second-order valence-electron chi connectivity index (χ2n) is 6.69. The van der Waals surface area contributed by atoms with Crippen molar-refractivity contribution in [3.63, 3.8) is 0 Å². The van der Waals surface area contributed by atoms with Crippen LogP contribution in [0.2, 0.25) is 5.02 Å². The zero-order valence-corrected chi connectivity index (χ0v) is 16.7. The quantitative estimate of drug-likeness (QED) is 0.483. The Kier molecular flexibility index (Phi) is 5.95. The minimum atomic E-state index is -0.326. The third-order valence-corrected chi connectivity index (χ3v) is 4.79. The van der Waals surface area contributed by atoms with Crippen molar-refractivity contribution < 1.29 is 9.18 Å². The molecular formula is C22H21ClFN3O. The Bertz CT molecular complexity index is 1040. The molecule has 0 radical (unpaired) electrons. The maximum atomic E-state index is 12.9. The molecular weight excluding hydrogens is 377 g/mol. The molecule has 3 aromatic rings. The molecule has 0 saturated heterocycles. The van der Waals surface area contributed by atoms with Gasteiger partial charge in [0.15, 0.2) is 0 Å². The van der Waals surface area contributed by atoms with E-state index < -0.39 is 0 Å². The van der Waals surface area contributed by atoms with Gasteiger partial charge in [-0.05, 0) is 62.2 Å². The fourth-order valence-electron chi connectivity index (χ4n) is 3.11. The highest BCUT2D eigenvalue weighted by Crippen LogP contribution is 2.25. The lowest BCUT2D eigenvalue weighted by Gasteiger charge is -2.13. The number of rotatable bonds is 5. The average Bonchev–Trinajstić information content (AvgIpc) is 2.93. The lowest BCUT2D eigenvalue weighted by molar-refractivity contribution is -0.120. The molecule has 144 valence electrons. The van der Waals surface area contributed by atoms with Crippen LogP contribution in [-0.2, 0) is 11.2 Å². The average molecular weight is 398 g/mol. The lowest BCUT2D eigenvalue weighted by Crippen LogP contribution is -2.19. The highest BCUT2D eigenvalue weighted by molar-refractivity contribution is 6.30. The summed E-state index contributed by atoms with van der Waals surface area (Å²) in [7, 11) is 0. The third-order valence-electron chi connectivity index (χ3n) is 4.55. The molecule has 1 N–H and O–H groups in total. The van der Waals surface area contributed by atoms with E-state index >= 15 is 0 Å². The van der Waals surface area contributed by atoms with Gasteiger partial charge in [0.05, 0.1) is 12.6 Å². The van der Waals surface area contributed by atoms with Gasteiger partial charge in [-0.15, -0.1) is 0 Å². The molecule has 1 heterocycles. The van der Waals surface area contributed by atoms with Crippen LogP contribution < -0.4 is 5.43 Å². The number of hydrogen-bond donors (Lipinski definition) is 1. The monoisotopic (exact) mass is 397 g/mol. The Labute approximate surface area is 168 Å². The zero-order valence-electron chi connectivity index (χ0n) is 16.0. The first kappa shape index (κ1) is 19.8. The summed E-state index contributed by atoms with van der Waals surface area (Å²) in [6.07, 6.45) is 1.76. The molecule has 0 aliphatic heterocycles. The maximum Gasteiger partial charge on any atom is 0.244 e. The molecule has 1 amide bonds. The molecule has 28 heavy (non-hydrogen) atoms. The van der Waals surface area contributed by atoms with E-state index in [2.05, 4.69) is 15.1 Å². The van der Waals surface area contributed by atoms with Crippen molar-refractivity contribution in [1.82, 2.24) is 9.99 Å². The summed E-state index contributed by atoms with van der Waals surface area (Å²) in [4.78, 5) is 12.0. The fourth-order valence-corrected chi connectivity index (χ4v) is 3.28. The molecule has 0 saturated carbocycles. The predicted molar refractivity (Wildman–Crippen MR) is 111 cm³/mol. The van der Waals surface area contributed by atoms with Crippen LogP contribution in [0.3, 0.4) is 0 Å². The van der Waals surface area contributed by atoms with Gasteiger partial charge in [0.1, 0.15) is 5.82 Å². The minimum absolute atomic E-state index is 0.137. The van der Waals surface area contributed by atoms with Crippen molar-refractivity contribution >= 4 is 23.7 Å². The number of aromatic nitrogens is 1. The highest BCUT2D eigenvalue weighted by Gasteiger charge is 2.12. The Morgan fingerprint density at radius 3 is 2.57 bits per heavy atom. The van der Waals surface area contributed by atoms with Gasteiger partial charge in [-0.3, -0.25) is 4.79 Å². The van der Waals surface area contributed by atoms with Gasteiger partial charge in [0.2, 0.25) is 5.91 Å². The smallest absolute Gasteiger partial charge is 0.244 e. The van der Waals surface area contributed by atoms with Crippen molar-refractivity contribution in [2.45, 2.75) is 27.2 Å². The summed E-state index contributed by atoms with van der Waals surface area (Å²) in [6.45, 7) is 6.04. The molecule has 1 aromatic heterocycles. The number of carbonyl (C=O) groups excluding carboxylic acids is 1. The Morgan fingerprint density at radius 2 is 1.86 bits per heavy atom. The van der Waals surface area contributed by atoms with E-state index in [4.69, 9.17) is 11.6 Å². The van der Waals surface area contributed by atoms with E-state index in [9.17, 15) is 9.18 Å². The van der Waals surface area contributed by atoms with E-state index in [1.54, 1.807) is 18.3 Å². The van der Waals surface area contributed by atoms with Crippen molar-refractivity contribution in [1.29, 1.82) is 0 Å². The van der Waals surface area contributed by atoms with Gasteiger partial charge < -0.3 is 4.57 Å². The number of nitrogens with zero attached hydrogens (tertiary/aromatic N) is 2. The van der Waals surface area contributed by atoms with Gasteiger partial charge in [0, 0.05) is 27.7 Å². The van der Waals surface area contributed by atoms with Crippen LogP contribution in [0.25, 0.3) is 5.69 Å². The molecule has 0 unspecified atom stereocenters.